The average molecular weight is 167 g/mol. The van der Waals surface area contributed by atoms with E-state index in [-0.39, 0.29) is 0 Å². The number of rotatable bonds is 3. The van der Waals surface area contributed by atoms with Crippen LogP contribution in [0.5, 0.6) is 0 Å². The zero-order chi connectivity index (χ0) is 8.65. The quantitative estimate of drug-likeness (QED) is 0.484. The molecule has 3 heteroatoms. The van der Waals surface area contributed by atoms with Crippen molar-refractivity contribution in [2.45, 2.75) is 25.8 Å². The second-order valence-electron chi connectivity index (χ2n) is 2.93. The molecular weight excluding hydrogens is 150 g/mol. The topological polar surface area (TPSA) is 36.4 Å². The Hall–Kier alpha value is -0.830. The van der Waals surface area contributed by atoms with Crippen LogP contribution in [0.3, 0.4) is 0 Å². The Balaban J connectivity index is 2.15. The van der Waals surface area contributed by atoms with E-state index in [4.69, 9.17) is 0 Å². The molecule has 0 aliphatic carbocycles. The molecule has 3 nitrogen and oxygen atoms in total. The van der Waals surface area contributed by atoms with E-state index in [1.54, 1.807) is 6.34 Å². The Morgan fingerprint density at radius 1 is 1.42 bits per heavy atom. The summed E-state index contributed by atoms with van der Waals surface area (Å²) in [6, 6.07) is 0.518. The highest BCUT2D eigenvalue weighted by Crippen LogP contribution is 2.05. The summed E-state index contributed by atoms with van der Waals surface area (Å²) in [5.41, 5.74) is 0. The Morgan fingerprint density at radius 2 is 2.17 bits per heavy atom. The molecular formula is C9H17N3. The number of hydrogen-bond donors (Lipinski definition) is 2. The zero-order valence-electron chi connectivity index (χ0n) is 7.59. The summed E-state index contributed by atoms with van der Waals surface area (Å²) in [6.45, 7) is 4.18. The largest absolute Gasteiger partial charge is 0.353 e. The van der Waals surface area contributed by atoms with Crippen molar-refractivity contribution in [3.05, 3.63) is 12.3 Å². The summed E-state index contributed by atoms with van der Waals surface area (Å²) < 4.78 is 0. The highest BCUT2D eigenvalue weighted by atomic mass is 15.0. The molecule has 1 heterocycles. The monoisotopic (exact) mass is 167 g/mol. The van der Waals surface area contributed by atoms with Crippen LogP contribution in [0.4, 0.5) is 0 Å². The van der Waals surface area contributed by atoms with E-state index >= 15 is 0 Å². The van der Waals surface area contributed by atoms with Gasteiger partial charge >= 0.3 is 0 Å². The first-order valence-electron chi connectivity index (χ1n) is 4.53. The lowest BCUT2D eigenvalue weighted by atomic mass is 10.1. The van der Waals surface area contributed by atoms with Crippen LogP contribution in [0.1, 0.15) is 19.8 Å². The fourth-order valence-corrected chi connectivity index (χ4v) is 1.24. The molecule has 0 aromatic rings. The van der Waals surface area contributed by atoms with Crippen LogP contribution in [0, 0.1) is 0 Å². The van der Waals surface area contributed by atoms with E-state index in [9.17, 15) is 0 Å². The smallest absolute Gasteiger partial charge is 0.0866 e. The maximum Gasteiger partial charge on any atom is 0.0866 e. The van der Waals surface area contributed by atoms with Gasteiger partial charge in [-0.3, -0.25) is 4.99 Å². The lowest BCUT2D eigenvalue weighted by Crippen LogP contribution is -2.30. The summed E-state index contributed by atoms with van der Waals surface area (Å²) in [5, 5.41) is 6.30. The van der Waals surface area contributed by atoms with Gasteiger partial charge in [-0.1, -0.05) is 6.08 Å². The summed E-state index contributed by atoms with van der Waals surface area (Å²) >= 11 is 0. The fourth-order valence-electron chi connectivity index (χ4n) is 1.24. The van der Waals surface area contributed by atoms with E-state index in [1.807, 2.05) is 19.2 Å². The maximum atomic E-state index is 4.39. The lowest BCUT2D eigenvalue weighted by Gasteiger charge is -2.18. The number of nitrogens with one attached hydrogen (secondary N) is 2. The first kappa shape index (κ1) is 9.26. The van der Waals surface area contributed by atoms with E-state index in [1.165, 1.54) is 0 Å². The minimum Gasteiger partial charge on any atom is -0.353 e. The van der Waals surface area contributed by atoms with Crippen molar-refractivity contribution in [2.75, 3.05) is 13.1 Å². The van der Waals surface area contributed by atoms with E-state index < -0.39 is 0 Å². The van der Waals surface area contributed by atoms with E-state index in [0.717, 1.165) is 25.9 Å². The number of allylic oxidation sites excluding steroid dienone is 1. The normalized spacial score (nSPS) is 20.8. The van der Waals surface area contributed by atoms with Crippen LogP contribution < -0.4 is 10.6 Å². The third kappa shape index (κ3) is 3.53. The average Bonchev–Trinajstić information content (AvgIpc) is 2.14. The van der Waals surface area contributed by atoms with Crippen molar-refractivity contribution in [1.29, 1.82) is 0 Å². The molecule has 0 aromatic heterocycles. The van der Waals surface area contributed by atoms with Gasteiger partial charge in [0.15, 0.2) is 0 Å². The summed E-state index contributed by atoms with van der Waals surface area (Å²) in [7, 11) is 0. The Kier molecular flexibility index (Phi) is 4.46. The van der Waals surface area contributed by atoms with Crippen molar-refractivity contribution < 1.29 is 0 Å². The molecule has 0 aromatic carbocycles. The third-order valence-electron chi connectivity index (χ3n) is 1.93. The second-order valence-corrected chi connectivity index (χ2v) is 2.93. The molecule has 1 aliphatic heterocycles. The lowest BCUT2D eigenvalue weighted by molar-refractivity contribution is 0.460. The number of piperidine rings is 1. The Bertz CT molecular complexity index is 157. The van der Waals surface area contributed by atoms with Gasteiger partial charge in [-0.05, 0) is 39.1 Å². The molecule has 0 bridgehead atoms. The fraction of sp³-hybridized carbons (Fsp3) is 0.667. The molecule has 2 N–H and O–H groups in total. The summed E-state index contributed by atoms with van der Waals surface area (Å²) in [5.74, 6) is 0. The molecule has 1 aliphatic rings. The standard InChI is InChI=1S/C9H17N3/c1-2-5-11-8-12-9-3-6-10-7-4-9/h2,5,8-10H,3-4,6-7H2,1H3,(H,11,12)/b5-2+. The number of nitrogens with zero attached hydrogens (tertiary/aromatic N) is 1. The molecule has 68 valence electrons. The molecule has 0 saturated carbocycles. The van der Waals surface area contributed by atoms with Crippen molar-refractivity contribution in [1.82, 2.24) is 10.6 Å². The van der Waals surface area contributed by atoms with Crippen LogP contribution >= 0.6 is 0 Å². The van der Waals surface area contributed by atoms with Crippen LogP contribution in [-0.2, 0) is 0 Å². The molecule has 1 rings (SSSR count). The van der Waals surface area contributed by atoms with Crippen molar-refractivity contribution in [3.63, 3.8) is 0 Å². The molecule has 0 radical (unpaired) electrons. The molecule has 0 spiro atoms. The van der Waals surface area contributed by atoms with E-state index in [0.29, 0.717) is 6.04 Å². The zero-order valence-corrected chi connectivity index (χ0v) is 7.59. The van der Waals surface area contributed by atoms with Gasteiger partial charge in [-0.15, -0.1) is 0 Å². The summed E-state index contributed by atoms with van der Waals surface area (Å²) in [4.78, 5) is 4.39. The summed E-state index contributed by atoms with van der Waals surface area (Å²) in [6.07, 6.45) is 7.94. The second kappa shape index (κ2) is 5.77. The number of hydrogen-bond acceptors (Lipinski definition) is 2. The van der Waals surface area contributed by atoms with Gasteiger partial charge in [0, 0.05) is 0 Å². The number of aliphatic imine (C=N–C) groups is 1. The van der Waals surface area contributed by atoms with Crippen LogP contribution in [0.2, 0.25) is 0 Å². The predicted octanol–water partition coefficient (Wildman–Crippen LogP) is 0.890. The van der Waals surface area contributed by atoms with Crippen molar-refractivity contribution in [3.8, 4) is 0 Å². The minimum atomic E-state index is 0.518. The highest BCUT2D eigenvalue weighted by Gasteiger charge is 2.09. The Labute approximate surface area is 74.0 Å². The molecule has 0 atom stereocenters. The van der Waals surface area contributed by atoms with Gasteiger partial charge in [-0.2, -0.15) is 0 Å². The third-order valence-corrected chi connectivity index (χ3v) is 1.93. The minimum absolute atomic E-state index is 0.518. The van der Waals surface area contributed by atoms with Gasteiger partial charge in [0.1, 0.15) is 0 Å². The van der Waals surface area contributed by atoms with Crippen LogP contribution in [0.25, 0.3) is 0 Å². The van der Waals surface area contributed by atoms with Crippen molar-refractivity contribution >= 4 is 6.34 Å². The van der Waals surface area contributed by atoms with Gasteiger partial charge in [-0.25, -0.2) is 0 Å². The van der Waals surface area contributed by atoms with Gasteiger partial charge in [0.05, 0.1) is 12.4 Å². The maximum absolute atomic E-state index is 4.39. The predicted molar refractivity (Wildman–Crippen MR) is 52.3 cm³/mol. The molecule has 12 heavy (non-hydrogen) atoms. The van der Waals surface area contributed by atoms with Crippen LogP contribution in [0.15, 0.2) is 17.3 Å². The molecule has 0 amide bonds. The van der Waals surface area contributed by atoms with Gasteiger partial charge in [0.25, 0.3) is 0 Å². The van der Waals surface area contributed by atoms with E-state index in [2.05, 4.69) is 15.6 Å². The first-order valence-corrected chi connectivity index (χ1v) is 4.53. The SMILES string of the molecule is C/C=C/NC=NC1CCNCC1. The molecule has 1 saturated heterocycles. The molecule has 1 fully saturated rings. The van der Waals surface area contributed by atoms with Crippen LogP contribution in [-0.4, -0.2) is 25.5 Å². The first-order chi connectivity index (χ1) is 5.93. The highest BCUT2D eigenvalue weighted by molar-refractivity contribution is 5.55. The van der Waals surface area contributed by atoms with Gasteiger partial charge in [0.2, 0.25) is 0 Å². The van der Waals surface area contributed by atoms with Gasteiger partial charge < -0.3 is 10.6 Å². The van der Waals surface area contributed by atoms with Crippen molar-refractivity contribution in [2.24, 2.45) is 4.99 Å². The molecule has 0 unspecified atom stereocenters. The Morgan fingerprint density at radius 3 is 2.83 bits per heavy atom.